The number of quaternary nitrogens is 1. The molecule has 1 saturated heterocycles. The Morgan fingerprint density at radius 2 is 2.05 bits per heavy atom. The molecular formula is C16H26N3OS+. The van der Waals surface area contributed by atoms with Gasteiger partial charge in [-0.15, -0.1) is 0 Å². The number of hydrogen-bond acceptors (Lipinski definition) is 2. The Balaban J connectivity index is 1.66. The van der Waals surface area contributed by atoms with Crippen molar-refractivity contribution >= 4 is 23.0 Å². The molecule has 0 radical (unpaired) electrons. The van der Waals surface area contributed by atoms with Gasteiger partial charge in [0.1, 0.15) is 13.1 Å². The van der Waals surface area contributed by atoms with Crippen LogP contribution in [0.15, 0.2) is 18.2 Å². The average molecular weight is 308 g/mol. The third-order valence-electron chi connectivity index (χ3n) is 3.83. The monoisotopic (exact) mass is 308 g/mol. The van der Waals surface area contributed by atoms with Gasteiger partial charge in [-0.25, -0.2) is 0 Å². The summed E-state index contributed by atoms with van der Waals surface area (Å²) in [7, 11) is 0. The summed E-state index contributed by atoms with van der Waals surface area (Å²) >= 11 is 5.36. The summed E-state index contributed by atoms with van der Waals surface area (Å²) in [5, 5.41) is 7.29. The van der Waals surface area contributed by atoms with Gasteiger partial charge in [0, 0.05) is 18.7 Å². The Morgan fingerprint density at radius 1 is 1.29 bits per heavy atom. The zero-order valence-corrected chi connectivity index (χ0v) is 13.8. The lowest BCUT2D eigenvalue weighted by Crippen LogP contribution is -3.14. The molecule has 1 fully saturated rings. The summed E-state index contributed by atoms with van der Waals surface area (Å²) in [6.07, 6.45) is 1.13. The molecule has 0 unspecified atom stereocenters. The summed E-state index contributed by atoms with van der Waals surface area (Å²) in [4.78, 5) is 1.64. The van der Waals surface area contributed by atoms with Crippen LogP contribution in [0.3, 0.4) is 0 Å². The molecule has 5 heteroatoms. The Morgan fingerprint density at radius 3 is 2.81 bits per heavy atom. The fourth-order valence-corrected chi connectivity index (χ4v) is 2.70. The van der Waals surface area contributed by atoms with E-state index < -0.39 is 0 Å². The lowest BCUT2D eigenvalue weighted by molar-refractivity contribution is -0.908. The molecule has 0 aliphatic carbocycles. The molecule has 3 N–H and O–H groups in total. The smallest absolute Gasteiger partial charge is 0.170 e. The van der Waals surface area contributed by atoms with Crippen LogP contribution in [0, 0.1) is 13.8 Å². The number of rotatable bonds is 5. The number of nitrogens with one attached hydrogen (secondary N) is 3. The standard InChI is InChI=1S/C16H25N3OS/c1-13-4-5-14(2)15(12-13)18-16(21)17-6-3-7-19-8-10-20-11-9-19/h4-5,12H,3,6-11H2,1-2H3,(H2,17,18,21)/p+1. The van der Waals surface area contributed by atoms with Crippen LogP contribution in [0.4, 0.5) is 5.69 Å². The molecule has 0 saturated carbocycles. The maximum atomic E-state index is 5.36. The van der Waals surface area contributed by atoms with Crippen LogP contribution >= 0.6 is 12.2 Å². The first-order valence-corrected chi connectivity index (χ1v) is 8.09. The molecular weight excluding hydrogens is 282 g/mol. The number of anilines is 1. The van der Waals surface area contributed by atoms with E-state index >= 15 is 0 Å². The normalized spacial score (nSPS) is 15.7. The third-order valence-corrected chi connectivity index (χ3v) is 4.08. The van der Waals surface area contributed by atoms with Gasteiger partial charge in [0.25, 0.3) is 0 Å². The Hall–Kier alpha value is -1.17. The molecule has 0 bridgehead atoms. The third kappa shape index (κ3) is 5.61. The number of thiocarbonyl (C=S) groups is 1. The zero-order chi connectivity index (χ0) is 15.1. The molecule has 21 heavy (non-hydrogen) atoms. The van der Waals surface area contributed by atoms with Crippen molar-refractivity contribution in [1.82, 2.24) is 5.32 Å². The van der Waals surface area contributed by atoms with Crippen LogP contribution in [-0.4, -0.2) is 44.5 Å². The highest BCUT2D eigenvalue weighted by Gasteiger charge is 2.12. The van der Waals surface area contributed by atoms with E-state index in [4.69, 9.17) is 17.0 Å². The molecule has 0 amide bonds. The number of morpholine rings is 1. The fourth-order valence-electron chi connectivity index (χ4n) is 2.49. The van der Waals surface area contributed by atoms with Gasteiger partial charge in [0.15, 0.2) is 5.11 Å². The van der Waals surface area contributed by atoms with E-state index in [0.717, 1.165) is 45.0 Å². The highest BCUT2D eigenvalue weighted by atomic mass is 32.1. The minimum Gasteiger partial charge on any atom is -0.370 e. The summed E-state index contributed by atoms with van der Waals surface area (Å²) in [6, 6.07) is 6.35. The SMILES string of the molecule is Cc1ccc(C)c(NC(=S)NCCC[NH+]2CCOCC2)c1. The second-order valence-corrected chi connectivity index (χ2v) is 6.07. The van der Waals surface area contributed by atoms with Crippen LogP contribution < -0.4 is 15.5 Å². The van der Waals surface area contributed by atoms with Crippen molar-refractivity contribution in [3.05, 3.63) is 29.3 Å². The van der Waals surface area contributed by atoms with Crippen molar-refractivity contribution in [2.24, 2.45) is 0 Å². The molecule has 1 aliphatic rings. The second kappa shape index (κ2) is 8.32. The van der Waals surface area contributed by atoms with Crippen molar-refractivity contribution in [2.75, 3.05) is 44.7 Å². The minimum atomic E-state index is 0.709. The highest BCUT2D eigenvalue weighted by molar-refractivity contribution is 7.80. The molecule has 2 rings (SSSR count). The Bertz CT molecular complexity index is 473. The van der Waals surface area contributed by atoms with Crippen molar-refractivity contribution in [3.63, 3.8) is 0 Å². The molecule has 116 valence electrons. The lowest BCUT2D eigenvalue weighted by Gasteiger charge is -2.23. The Labute approximate surface area is 132 Å². The number of aryl methyl sites for hydroxylation is 2. The van der Waals surface area contributed by atoms with Gasteiger partial charge in [-0.05, 0) is 43.3 Å². The van der Waals surface area contributed by atoms with Crippen molar-refractivity contribution in [3.8, 4) is 0 Å². The topological polar surface area (TPSA) is 37.7 Å². The van der Waals surface area contributed by atoms with E-state index in [1.54, 1.807) is 4.90 Å². The first kappa shape index (κ1) is 16.2. The van der Waals surface area contributed by atoms with E-state index in [2.05, 4.69) is 42.7 Å². The van der Waals surface area contributed by atoms with Gasteiger partial charge in [0.05, 0.1) is 19.8 Å². The first-order chi connectivity index (χ1) is 10.1. The average Bonchev–Trinajstić information content (AvgIpc) is 2.48. The van der Waals surface area contributed by atoms with Gasteiger partial charge >= 0.3 is 0 Å². The fraction of sp³-hybridized carbons (Fsp3) is 0.562. The van der Waals surface area contributed by atoms with Crippen LogP contribution in [0.5, 0.6) is 0 Å². The van der Waals surface area contributed by atoms with E-state index in [1.807, 2.05) is 0 Å². The van der Waals surface area contributed by atoms with Gasteiger partial charge in [-0.2, -0.15) is 0 Å². The van der Waals surface area contributed by atoms with Crippen LogP contribution in [-0.2, 0) is 4.74 Å². The highest BCUT2D eigenvalue weighted by Crippen LogP contribution is 2.15. The lowest BCUT2D eigenvalue weighted by atomic mass is 10.1. The first-order valence-electron chi connectivity index (χ1n) is 7.68. The van der Waals surface area contributed by atoms with Gasteiger partial charge in [0.2, 0.25) is 0 Å². The van der Waals surface area contributed by atoms with Gasteiger partial charge in [-0.1, -0.05) is 12.1 Å². The zero-order valence-electron chi connectivity index (χ0n) is 13.0. The summed E-state index contributed by atoms with van der Waals surface area (Å²) in [6.45, 7) is 10.3. The molecule has 1 aliphatic heterocycles. The Kier molecular flexibility index (Phi) is 6.42. The minimum absolute atomic E-state index is 0.709. The number of ether oxygens (including phenoxy) is 1. The van der Waals surface area contributed by atoms with E-state index in [0.29, 0.717) is 5.11 Å². The molecule has 1 heterocycles. The van der Waals surface area contributed by atoms with E-state index in [1.165, 1.54) is 17.7 Å². The van der Waals surface area contributed by atoms with Crippen LogP contribution in [0.1, 0.15) is 17.5 Å². The van der Waals surface area contributed by atoms with Crippen LogP contribution in [0.25, 0.3) is 0 Å². The molecule has 0 aromatic heterocycles. The van der Waals surface area contributed by atoms with Gasteiger partial charge < -0.3 is 20.3 Å². The van der Waals surface area contributed by atoms with E-state index in [9.17, 15) is 0 Å². The number of benzene rings is 1. The van der Waals surface area contributed by atoms with E-state index in [-0.39, 0.29) is 0 Å². The summed E-state index contributed by atoms with van der Waals surface area (Å²) < 4.78 is 5.36. The van der Waals surface area contributed by atoms with Crippen molar-refractivity contribution < 1.29 is 9.64 Å². The predicted molar refractivity (Wildman–Crippen MR) is 91.1 cm³/mol. The molecule has 0 spiro atoms. The number of hydrogen-bond donors (Lipinski definition) is 3. The maximum Gasteiger partial charge on any atom is 0.170 e. The van der Waals surface area contributed by atoms with Crippen LogP contribution in [0.2, 0.25) is 0 Å². The maximum absolute atomic E-state index is 5.36. The molecule has 0 atom stereocenters. The van der Waals surface area contributed by atoms with Gasteiger partial charge in [-0.3, -0.25) is 0 Å². The van der Waals surface area contributed by atoms with Crippen molar-refractivity contribution in [1.29, 1.82) is 0 Å². The van der Waals surface area contributed by atoms with Crippen molar-refractivity contribution in [2.45, 2.75) is 20.3 Å². The largest absolute Gasteiger partial charge is 0.370 e. The quantitative estimate of drug-likeness (QED) is 0.558. The molecule has 1 aromatic carbocycles. The predicted octanol–water partition coefficient (Wildman–Crippen LogP) is 0.895. The second-order valence-electron chi connectivity index (χ2n) is 5.67. The molecule has 4 nitrogen and oxygen atoms in total. The summed E-state index contributed by atoms with van der Waals surface area (Å²) in [5.74, 6) is 0. The summed E-state index contributed by atoms with van der Waals surface area (Å²) in [5.41, 5.74) is 3.54. The molecule has 1 aromatic rings.